The van der Waals surface area contributed by atoms with Crippen molar-refractivity contribution in [1.82, 2.24) is 15.5 Å². The van der Waals surface area contributed by atoms with Gasteiger partial charge in [-0.2, -0.15) is 4.98 Å². The van der Waals surface area contributed by atoms with Gasteiger partial charge in [0.1, 0.15) is 0 Å². The van der Waals surface area contributed by atoms with Gasteiger partial charge in [0.2, 0.25) is 11.7 Å². The lowest BCUT2D eigenvalue weighted by atomic mass is 10.0. The SMILES string of the molecule is Cc1cc(C)c(C(=O)NCc2nc(-c3ccc(Cl)cc3)no2)cc1C. The molecular weight excluding hydrogens is 338 g/mol. The molecule has 0 spiro atoms. The minimum Gasteiger partial charge on any atom is -0.343 e. The Balaban J connectivity index is 1.69. The summed E-state index contributed by atoms with van der Waals surface area (Å²) in [6.07, 6.45) is 0. The third-order valence-corrected chi connectivity index (χ3v) is 4.31. The first-order chi connectivity index (χ1) is 11.9. The minimum atomic E-state index is -0.160. The number of carbonyl (C=O) groups excluding carboxylic acids is 1. The molecule has 0 unspecified atom stereocenters. The topological polar surface area (TPSA) is 68.0 Å². The van der Waals surface area contributed by atoms with Gasteiger partial charge in [0.15, 0.2) is 0 Å². The number of nitrogens with zero attached hydrogens (tertiary/aromatic N) is 2. The predicted molar refractivity (Wildman–Crippen MR) is 96.6 cm³/mol. The molecule has 3 rings (SSSR count). The molecule has 1 N–H and O–H groups in total. The first-order valence-electron chi connectivity index (χ1n) is 7.88. The van der Waals surface area contributed by atoms with Gasteiger partial charge >= 0.3 is 0 Å². The average Bonchev–Trinajstić information content (AvgIpc) is 3.05. The fraction of sp³-hybridized carbons (Fsp3) is 0.211. The first-order valence-corrected chi connectivity index (χ1v) is 8.26. The predicted octanol–water partition coefficient (Wildman–Crippen LogP) is 4.25. The third-order valence-electron chi connectivity index (χ3n) is 4.06. The molecule has 128 valence electrons. The average molecular weight is 356 g/mol. The number of halogens is 1. The van der Waals surface area contributed by atoms with Gasteiger partial charge in [0.25, 0.3) is 5.91 Å². The molecule has 3 aromatic rings. The first kappa shape index (κ1) is 17.2. The highest BCUT2D eigenvalue weighted by molar-refractivity contribution is 6.30. The van der Waals surface area contributed by atoms with Crippen LogP contribution in [0.25, 0.3) is 11.4 Å². The summed E-state index contributed by atoms with van der Waals surface area (Å²) in [4.78, 5) is 16.7. The van der Waals surface area contributed by atoms with E-state index in [-0.39, 0.29) is 12.5 Å². The highest BCUT2D eigenvalue weighted by atomic mass is 35.5. The number of aryl methyl sites for hydroxylation is 3. The second-order valence-corrected chi connectivity index (χ2v) is 6.39. The Morgan fingerprint density at radius 3 is 2.48 bits per heavy atom. The number of rotatable bonds is 4. The van der Waals surface area contributed by atoms with E-state index >= 15 is 0 Å². The molecule has 6 heteroatoms. The molecule has 25 heavy (non-hydrogen) atoms. The maximum absolute atomic E-state index is 12.4. The molecule has 1 amide bonds. The molecule has 2 aromatic carbocycles. The van der Waals surface area contributed by atoms with Crippen molar-refractivity contribution in [2.75, 3.05) is 0 Å². The summed E-state index contributed by atoms with van der Waals surface area (Å²) >= 11 is 5.87. The zero-order valence-electron chi connectivity index (χ0n) is 14.3. The lowest BCUT2D eigenvalue weighted by molar-refractivity contribution is 0.0945. The van der Waals surface area contributed by atoms with Crippen LogP contribution in [0.1, 0.15) is 32.9 Å². The Labute approximate surface area is 151 Å². The van der Waals surface area contributed by atoms with Crippen LogP contribution in [-0.2, 0) is 6.54 Å². The van der Waals surface area contributed by atoms with Crippen molar-refractivity contribution in [2.24, 2.45) is 0 Å². The van der Waals surface area contributed by atoms with Gasteiger partial charge in [-0.05, 0) is 67.8 Å². The van der Waals surface area contributed by atoms with E-state index in [0.29, 0.717) is 22.3 Å². The molecule has 0 radical (unpaired) electrons. The van der Waals surface area contributed by atoms with Crippen LogP contribution in [-0.4, -0.2) is 16.0 Å². The van der Waals surface area contributed by atoms with Gasteiger partial charge in [-0.1, -0.05) is 22.8 Å². The summed E-state index contributed by atoms with van der Waals surface area (Å²) in [5.41, 5.74) is 4.64. The fourth-order valence-corrected chi connectivity index (χ4v) is 2.63. The number of hydrogen-bond donors (Lipinski definition) is 1. The number of nitrogens with one attached hydrogen (secondary N) is 1. The van der Waals surface area contributed by atoms with Crippen LogP contribution in [0.4, 0.5) is 0 Å². The van der Waals surface area contributed by atoms with E-state index in [9.17, 15) is 4.79 Å². The van der Waals surface area contributed by atoms with Gasteiger partial charge in [-0.3, -0.25) is 4.79 Å². The van der Waals surface area contributed by atoms with Crippen molar-refractivity contribution in [1.29, 1.82) is 0 Å². The lowest BCUT2D eigenvalue weighted by Crippen LogP contribution is -2.24. The molecule has 1 aromatic heterocycles. The number of carbonyl (C=O) groups is 1. The van der Waals surface area contributed by atoms with Gasteiger partial charge in [0, 0.05) is 16.1 Å². The van der Waals surface area contributed by atoms with Crippen molar-refractivity contribution in [2.45, 2.75) is 27.3 Å². The van der Waals surface area contributed by atoms with E-state index in [1.165, 1.54) is 5.56 Å². The largest absolute Gasteiger partial charge is 0.343 e. The van der Waals surface area contributed by atoms with Crippen LogP contribution in [0, 0.1) is 20.8 Å². The van der Waals surface area contributed by atoms with Crippen molar-refractivity contribution < 1.29 is 9.32 Å². The summed E-state index contributed by atoms with van der Waals surface area (Å²) in [5, 5.41) is 7.39. The van der Waals surface area contributed by atoms with Crippen LogP contribution in [0.2, 0.25) is 5.02 Å². The third kappa shape index (κ3) is 3.88. The minimum absolute atomic E-state index is 0.160. The van der Waals surface area contributed by atoms with E-state index in [1.807, 2.05) is 45.0 Å². The zero-order chi connectivity index (χ0) is 18.0. The molecule has 0 bridgehead atoms. The second kappa shape index (κ2) is 7.07. The fourth-order valence-electron chi connectivity index (χ4n) is 2.50. The van der Waals surface area contributed by atoms with E-state index < -0.39 is 0 Å². The van der Waals surface area contributed by atoms with E-state index in [1.54, 1.807) is 12.1 Å². The highest BCUT2D eigenvalue weighted by Crippen LogP contribution is 2.19. The molecule has 1 heterocycles. The van der Waals surface area contributed by atoms with Gasteiger partial charge in [-0.25, -0.2) is 0 Å². The standard InChI is InChI=1S/C19H18ClN3O2/c1-11-8-13(3)16(9-12(11)2)19(24)21-10-17-22-18(23-25-17)14-4-6-15(20)7-5-14/h4-9H,10H2,1-3H3,(H,21,24). The number of aromatic nitrogens is 2. The quantitative estimate of drug-likeness (QED) is 0.759. The van der Waals surface area contributed by atoms with E-state index in [2.05, 4.69) is 15.5 Å². The number of hydrogen-bond acceptors (Lipinski definition) is 4. The molecule has 0 saturated carbocycles. The molecule has 0 aliphatic carbocycles. The highest BCUT2D eigenvalue weighted by Gasteiger charge is 2.13. The molecule has 0 aliphatic heterocycles. The summed E-state index contributed by atoms with van der Waals surface area (Å²) in [7, 11) is 0. The smallest absolute Gasteiger partial charge is 0.251 e. The Bertz CT molecular complexity index is 917. The normalized spacial score (nSPS) is 10.7. The summed E-state index contributed by atoms with van der Waals surface area (Å²) < 4.78 is 5.20. The molecule has 5 nitrogen and oxygen atoms in total. The van der Waals surface area contributed by atoms with Crippen molar-refractivity contribution in [3.8, 4) is 11.4 Å². The zero-order valence-corrected chi connectivity index (χ0v) is 15.0. The molecule has 0 atom stereocenters. The summed E-state index contributed by atoms with van der Waals surface area (Å²) in [6.45, 7) is 6.11. The molecule has 0 aliphatic rings. The second-order valence-electron chi connectivity index (χ2n) is 5.95. The van der Waals surface area contributed by atoms with E-state index in [4.69, 9.17) is 16.1 Å². The van der Waals surface area contributed by atoms with Crippen molar-refractivity contribution in [3.63, 3.8) is 0 Å². The Kier molecular flexibility index (Phi) is 4.86. The van der Waals surface area contributed by atoms with Gasteiger partial charge in [-0.15, -0.1) is 0 Å². The molecule has 0 saturated heterocycles. The Hall–Kier alpha value is -2.66. The maximum Gasteiger partial charge on any atom is 0.251 e. The maximum atomic E-state index is 12.4. The van der Waals surface area contributed by atoms with Crippen LogP contribution >= 0.6 is 11.6 Å². The Morgan fingerprint density at radius 2 is 1.76 bits per heavy atom. The number of benzene rings is 2. The van der Waals surface area contributed by atoms with Gasteiger partial charge in [0.05, 0.1) is 6.54 Å². The van der Waals surface area contributed by atoms with Crippen LogP contribution in [0.15, 0.2) is 40.9 Å². The van der Waals surface area contributed by atoms with Crippen LogP contribution < -0.4 is 5.32 Å². The monoisotopic (exact) mass is 355 g/mol. The van der Waals surface area contributed by atoms with E-state index in [0.717, 1.165) is 16.7 Å². The summed E-state index contributed by atoms with van der Waals surface area (Å²) in [6, 6.07) is 11.1. The van der Waals surface area contributed by atoms with Crippen molar-refractivity contribution >= 4 is 17.5 Å². The lowest BCUT2D eigenvalue weighted by Gasteiger charge is -2.09. The van der Waals surface area contributed by atoms with Gasteiger partial charge < -0.3 is 9.84 Å². The Morgan fingerprint density at radius 1 is 1.08 bits per heavy atom. The molecular formula is C19H18ClN3O2. The number of amides is 1. The van der Waals surface area contributed by atoms with Crippen LogP contribution in [0.3, 0.4) is 0 Å². The van der Waals surface area contributed by atoms with Crippen molar-refractivity contribution in [3.05, 3.63) is 69.6 Å². The molecule has 0 fully saturated rings. The summed E-state index contributed by atoms with van der Waals surface area (Å²) in [5.74, 6) is 0.648. The van der Waals surface area contributed by atoms with Crippen LogP contribution in [0.5, 0.6) is 0 Å².